The molecule has 0 spiro atoms. The lowest BCUT2D eigenvalue weighted by Gasteiger charge is -2.35. The molecule has 1 aliphatic rings. The highest BCUT2D eigenvalue weighted by molar-refractivity contribution is 7.10. The molecule has 2 unspecified atom stereocenters. The van der Waals surface area contributed by atoms with Crippen LogP contribution in [0, 0.1) is 11.8 Å². The van der Waals surface area contributed by atoms with Gasteiger partial charge in [-0.1, -0.05) is 11.8 Å². The van der Waals surface area contributed by atoms with Crippen molar-refractivity contribution in [2.45, 2.75) is 19.1 Å². The highest BCUT2D eigenvalue weighted by Gasteiger charge is 2.28. The third kappa shape index (κ3) is 3.58. The number of aliphatic hydroxyl groups is 2. The van der Waals surface area contributed by atoms with Crippen molar-refractivity contribution < 1.29 is 19.7 Å². The van der Waals surface area contributed by atoms with Crippen LogP contribution in [-0.4, -0.2) is 59.5 Å². The molecule has 2 atom stereocenters. The van der Waals surface area contributed by atoms with Crippen LogP contribution in [0.5, 0.6) is 0 Å². The molecule has 20 heavy (non-hydrogen) atoms. The molecule has 2 rings (SSSR count). The van der Waals surface area contributed by atoms with E-state index in [1.54, 1.807) is 16.3 Å². The van der Waals surface area contributed by atoms with Crippen LogP contribution in [0.1, 0.15) is 22.2 Å². The number of aliphatic hydroxyl groups excluding tert-OH is 2. The molecule has 0 radical (unpaired) electrons. The number of carbonyl (C=O) groups is 1. The van der Waals surface area contributed by atoms with E-state index >= 15 is 0 Å². The first-order chi connectivity index (χ1) is 9.63. The summed E-state index contributed by atoms with van der Waals surface area (Å²) in [4.78, 5) is 14.8. The zero-order valence-corrected chi connectivity index (χ0v) is 12.0. The number of nitrogens with zero attached hydrogens (tertiary/aromatic N) is 1. The van der Waals surface area contributed by atoms with Gasteiger partial charge in [-0.3, -0.25) is 4.79 Å². The van der Waals surface area contributed by atoms with E-state index in [4.69, 9.17) is 9.84 Å². The number of thiophene rings is 1. The molecule has 1 amide bonds. The minimum atomic E-state index is -0.324. The van der Waals surface area contributed by atoms with Gasteiger partial charge in [0, 0.05) is 18.5 Å². The highest BCUT2D eigenvalue weighted by Crippen LogP contribution is 2.18. The monoisotopic (exact) mass is 295 g/mol. The Balaban J connectivity index is 2.08. The number of hydrogen-bond donors (Lipinski definition) is 2. The van der Waals surface area contributed by atoms with Gasteiger partial charge in [0.25, 0.3) is 5.91 Å². The molecule has 2 N–H and O–H groups in total. The molecule has 108 valence electrons. The fraction of sp³-hybridized carbons (Fsp3) is 0.500. The van der Waals surface area contributed by atoms with Gasteiger partial charge in [0.1, 0.15) is 6.61 Å². The van der Waals surface area contributed by atoms with Gasteiger partial charge < -0.3 is 19.8 Å². The summed E-state index contributed by atoms with van der Waals surface area (Å²) >= 11 is 1.38. The maximum absolute atomic E-state index is 12.4. The molecule has 6 heteroatoms. The molecule has 0 saturated carbocycles. The van der Waals surface area contributed by atoms with E-state index in [0.717, 1.165) is 4.88 Å². The smallest absolute Gasteiger partial charge is 0.254 e. The number of morpholine rings is 1. The summed E-state index contributed by atoms with van der Waals surface area (Å²) in [6.45, 7) is 2.51. The number of rotatable bonds is 2. The van der Waals surface area contributed by atoms with Crippen LogP contribution in [0.2, 0.25) is 0 Å². The molecule has 1 aromatic rings. The van der Waals surface area contributed by atoms with Crippen LogP contribution in [0.15, 0.2) is 11.4 Å². The van der Waals surface area contributed by atoms with Crippen molar-refractivity contribution in [2.75, 3.05) is 26.3 Å². The van der Waals surface area contributed by atoms with Crippen LogP contribution in [0.4, 0.5) is 0 Å². The van der Waals surface area contributed by atoms with Crippen LogP contribution in [0.3, 0.4) is 0 Å². The zero-order valence-electron chi connectivity index (χ0n) is 11.2. The minimum absolute atomic E-state index is 0.0769. The van der Waals surface area contributed by atoms with Gasteiger partial charge in [0.05, 0.1) is 29.3 Å². The second-order valence-corrected chi connectivity index (χ2v) is 5.53. The van der Waals surface area contributed by atoms with E-state index in [0.29, 0.717) is 18.7 Å². The molecular weight excluding hydrogens is 278 g/mol. The molecule has 1 saturated heterocycles. The quantitative estimate of drug-likeness (QED) is 0.771. The van der Waals surface area contributed by atoms with Gasteiger partial charge in [-0.15, -0.1) is 11.3 Å². The molecule has 1 fully saturated rings. The zero-order chi connectivity index (χ0) is 14.5. The van der Waals surface area contributed by atoms with Crippen molar-refractivity contribution in [3.63, 3.8) is 0 Å². The topological polar surface area (TPSA) is 70.0 Å². The predicted octanol–water partition coefficient (Wildman–Crippen LogP) is 0.314. The first-order valence-electron chi connectivity index (χ1n) is 6.38. The third-order valence-electron chi connectivity index (χ3n) is 2.95. The third-order valence-corrected chi connectivity index (χ3v) is 3.80. The standard InChI is InChI=1S/C14H17NO4S/c1-10-6-15(7-12(8-17)19-10)14(18)11-5-13(20-9-11)3-2-4-16/h5,9-10,12,16-17H,4,6-8H2,1H3. The first-order valence-corrected chi connectivity index (χ1v) is 7.26. The van der Waals surface area contributed by atoms with Crippen molar-refractivity contribution in [1.29, 1.82) is 0 Å². The van der Waals surface area contributed by atoms with Crippen molar-refractivity contribution in [3.8, 4) is 11.8 Å². The Morgan fingerprint density at radius 2 is 2.35 bits per heavy atom. The molecule has 0 aromatic carbocycles. The Morgan fingerprint density at radius 1 is 1.55 bits per heavy atom. The van der Waals surface area contributed by atoms with Crippen molar-refractivity contribution in [1.82, 2.24) is 4.90 Å². The van der Waals surface area contributed by atoms with E-state index in [9.17, 15) is 9.90 Å². The summed E-state index contributed by atoms with van der Waals surface area (Å²) < 4.78 is 5.52. The molecule has 1 aliphatic heterocycles. The number of ether oxygens (including phenoxy) is 1. The largest absolute Gasteiger partial charge is 0.394 e. The molecule has 0 aliphatic carbocycles. The average molecular weight is 295 g/mol. The molecule has 2 heterocycles. The van der Waals surface area contributed by atoms with Gasteiger partial charge in [0.2, 0.25) is 0 Å². The second kappa shape index (κ2) is 6.86. The van der Waals surface area contributed by atoms with Crippen LogP contribution in [-0.2, 0) is 4.74 Å². The fourth-order valence-corrected chi connectivity index (χ4v) is 2.88. The Hall–Kier alpha value is -1.39. The summed E-state index contributed by atoms with van der Waals surface area (Å²) in [6, 6.07) is 1.73. The van der Waals surface area contributed by atoms with Crippen molar-refractivity contribution >= 4 is 17.2 Å². The summed E-state index contributed by atoms with van der Waals surface area (Å²) in [5, 5.41) is 19.6. The van der Waals surface area contributed by atoms with Crippen LogP contribution >= 0.6 is 11.3 Å². The maximum atomic E-state index is 12.4. The van der Waals surface area contributed by atoms with E-state index in [1.165, 1.54) is 11.3 Å². The highest BCUT2D eigenvalue weighted by atomic mass is 32.1. The Kier molecular flexibility index (Phi) is 5.15. The van der Waals surface area contributed by atoms with Crippen molar-refractivity contribution in [3.05, 3.63) is 21.9 Å². The van der Waals surface area contributed by atoms with E-state index in [2.05, 4.69) is 11.8 Å². The molecule has 1 aromatic heterocycles. The van der Waals surface area contributed by atoms with E-state index < -0.39 is 0 Å². The Labute approximate surface area is 121 Å². The Morgan fingerprint density at radius 3 is 3.05 bits per heavy atom. The lowest BCUT2D eigenvalue weighted by Crippen LogP contribution is -2.50. The summed E-state index contributed by atoms with van der Waals surface area (Å²) in [6.07, 6.45) is -0.410. The normalized spacial score (nSPS) is 22.2. The van der Waals surface area contributed by atoms with Gasteiger partial charge in [-0.05, 0) is 13.0 Å². The van der Waals surface area contributed by atoms with Gasteiger partial charge in [-0.2, -0.15) is 0 Å². The first kappa shape index (κ1) is 15.0. The molecule has 0 bridgehead atoms. The summed E-state index contributed by atoms with van der Waals surface area (Å²) in [5.41, 5.74) is 0.586. The second-order valence-electron chi connectivity index (χ2n) is 4.62. The molecule has 5 nitrogen and oxygen atoms in total. The van der Waals surface area contributed by atoms with Gasteiger partial charge >= 0.3 is 0 Å². The van der Waals surface area contributed by atoms with E-state index in [-0.39, 0.29) is 31.3 Å². The number of hydrogen-bond acceptors (Lipinski definition) is 5. The molecular formula is C14H17NO4S. The maximum Gasteiger partial charge on any atom is 0.254 e. The number of amides is 1. The fourth-order valence-electron chi connectivity index (χ4n) is 2.14. The number of carbonyl (C=O) groups excluding carboxylic acids is 1. The Bertz CT molecular complexity index is 531. The summed E-state index contributed by atoms with van der Waals surface area (Å²) in [5.74, 6) is 5.26. The van der Waals surface area contributed by atoms with Gasteiger partial charge in [0.15, 0.2) is 0 Å². The van der Waals surface area contributed by atoms with Crippen LogP contribution in [0.25, 0.3) is 0 Å². The van der Waals surface area contributed by atoms with Crippen LogP contribution < -0.4 is 0 Å². The lowest BCUT2D eigenvalue weighted by atomic mass is 10.2. The average Bonchev–Trinajstić information content (AvgIpc) is 2.92. The lowest BCUT2D eigenvalue weighted by molar-refractivity contribution is -0.0858. The van der Waals surface area contributed by atoms with E-state index in [1.807, 2.05) is 6.92 Å². The minimum Gasteiger partial charge on any atom is -0.394 e. The van der Waals surface area contributed by atoms with Gasteiger partial charge in [-0.25, -0.2) is 0 Å². The summed E-state index contributed by atoms with van der Waals surface area (Å²) in [7, 11) is 0. The predicted molar refractivity (Wildman–Crippen MR) is 75.6 cm³/mol. The SMILES string of the molecule is CC1CN(C(=O)c2csc(C#CCO)c2)CC(CO)O1. The van der Waals surface area contributed by atoms with Crippen molar-refractivity contribution in [2.24, 2.45) is 0 Å².